The van der Waals surface area contributed by atoms with Crippen LogP contribution in [0.25, 0.3) is 0 Å². The van der Waals surface area contributed by atoms with Gasteiger partial charge < -0.3 is 15.0 Å². The van der Waals surface area contributed by atoms with Crippen LogP contribution in [-0.2, 0) is 0 Å². The molecule has 0 aliphatic carbocycles. The SMILES string of the molecule is CC(C)CC1CN(c2ccc(OC(F)F)cc2)CCCN1. The Bertz CT molecular complexity index is 423. The summed E-state index contributed by atoms with van der Waals surface area (Å²) in [6.45, 7) is 4.65. The molecule has 1 N–H and O–H groups in total. The van der Waals surface area contributed by atoms with E-state index in [1.165, 1.54) is 0 Å². The van der Waals surface area contributed by atoms with E-state index in [-0.39, 0.29) is 5.75 Å². The summed E-state index contributed by atoms with van der Waals surface area (Å²) in [7, 11) is 0. The monoisotopic (exact) mass is 298 g/mol. The Balaban J connectivity index is 2.01. The second-order valence-corrected chi connectivity index (χ2v) is 5.95. The predicted octanol–water partition coefficient (Wildman–Crippen LogP) is 3.50. The second kappa shape index (κ2) is 7.59. The molecule has 0 spiro atoms. The molecule has 5 heteroatoms. The number of benzene rings is 1. The predicted molar refractivity (Wildman–Crippen MR) is 81.1 cm³/mol. The number of nitrogens with zero attached hydrogens (tertiary/aromatic N) is 1. The number of rotatable bonds is 5. The largest absolute Gasteiger partial charge is 0.435 e. The quantitative estimate of drug-likeness (QED) is 0.900. The maximum atomic E-state index is 12.2. The highest BCUT2D eigenvalue weighted by molar-refractivity contribution is 5.49. The topological polar surface area (TPSA) is 24.5 Å². The van der Waals surface area contributed by atoms with Crippen molar-refractivity contribution in [2.75, 3.05) is 24.5 Å². The van der Waals surface area contributed by atoms with Gasteiger partial charge in [0.15, 0.2) is 0 Å². The molecule has 1 atom stereocenters. The van der Waals surface area contributed by atoms with Crippen molar-refractivity contribution in [3.05, 3.63) is 24.3 Å². The fourth-order valence-corrected chi connectivity index (χ4v) is 2.80. The van der Waals surface area contributed by atoms with Crippen LogP contribution < -0.4 is 15.0 Å². The van der Waals surface area contributed by atoms with Gasteiger partial charge in [0.25, 0.3) is 0 Å². The number of ether oxygens (including phenoxy) is 1. The Morgan fingerprint density at radius 1 is 1.29 bits per heavy atom. The first kappa shape index (κ1) is 16.0. The van der Waals surface area contributed by atoms with Gasteiger partial charge in [0.1, 0.15) is 5.75 Å². The lowest BCUT2D eigenvalue weighted by atomic mass is 10.0. The van der Waals surface area contributed by atoms with Crippen molar-refractivity contribution in [1.29, 1.82) is 0 Å². The van der Waals surface area contributed by atoms with E-state index in [9.17, 15) is 8.78 Å². The van der Waals surface area contributed by atoms with Crippen LogP contribution in [0.5, 0.6) is 5.75 Å². The Labute approximate surface area is 125 Å². The molecule has 1 aliphatic heterocycles. The fraction of sp³-hybridized carbons (Fsp3) is 0.625. The van der Waals surface area contributed by atoms with Crippen LogP contribution in [0.15, 0.2) is 24.3 Å². The van der Waals surface area contributed by atoms with Gasteiger partial charge in [-0.2, -0.15) is 8.78 Å². The highest BCUT2D eigenvalue weighted by Crippen LogP contribution is 2.22. The van der Waals surface area contributed by atoms with Crippen molar-refractivity contribution < 1.29 is 13.5 Å². The van der Waals surface area contributed by atoms with Crippen LogP contribution >= 0.6 is 0 Å². The van der Waals surface area contributed by atoms with Gasteiger partial charge in [0.05, 0.1) is 0 Å². The lowest BCUT2D eigenvalue weighted by molar-refractivity contribution is -0.0498. The molecule has 3 nitrogen and oxygen atoms in total. The average molecular weight is 298 g/mol. The minimum atomic E-state index is -2.77. The van der Waals surface area contributed by atoms with E-state index in [4.69, 9.17) is 0 Å². The van der Waals surface area contributed by atoms with E-state index in [1.54, 1.807) is 12.1 Å². The minimum absolute atomic E-state index is 0.209. The van der Waals surface area contributed by atoms with Crippen LogP contribution in [0.1, 0.15) is 26.7 Å². The standard InChI is InChI=1S/C16H24F2N2O/c1-12(2)10-13-11-20(9-3-8-19-13)14-4-6-15(7-5-14)21-16(17)18/h4-7,12-13,16,19H,3,8-11H2,1-2H3. The Kier molecular flexibility index (Phi) is 5.79. The molecule has 21 heavy (non-hydrogen) atoms. The summed E-state index contributed by atoms with van der Waals surface area (Å²) in [5, 5.41) is 3.58. The summed E-state index contributed by atoms with van der Waals surface area (Å²) < 4.78 is 28.7. The van der Waals surface area contributed by atoms with Gasteiger partial charge in [-0.1, -0.05) is 13.8 Å². The third kappa shape index (κ3) is 5.16. The van der Waals surface area contributed by atoms with Gasteiger partial charge in [0, 0.05) is 24.8 Å². The Morgan fingerprint density at radius 2 is 2.00 bits per heavy atom. The second-order valence-electron chi connectivity index (χ2n) is 5.95. The third-order valence-corrected chi connectivity index (χ3v) is 3.66. The summed E-state index contributed by atoms with van der Waals surface area (Å²) in [6, 6.07) is 7.41. The highest BCUT2D eigenvalue weighted by Gasteiger charge is 2.19. The maximum absolute atomic E-state index is 12.2. The number of nitrogens with one attached hydrogen (secondary N) is 1. The average Bonchev–Trinajstić information content (AvgIpc) is 2.64. The molecule has 1 saturated heterocycles. The molecule has 2 rings (SSSR count). The first-order valence-corrected chi connectivity index (χ1v) is 7.58. The smallest absolute Gasteiger partial charge is 0.387 e. The van der Waals surface area contributed by atoms with Crippen LogP contribution in [0, 0.1) is 5.92 Å². The first-order valence-electron chi connectivity index (χ1n) is 7.58. The van der Waals surface area contributed by atoms with Crippen LogP contribution in [0.3, 0.4) is 0 Å². The summed E-state index contributed by atoms with van der Waals surface area (Å²) in [5.41, 5.74) is 1.06. The van der Waals surface area contributed by atoms with E-state index in [0.29, 0.717) is 12.0 Å². The molecule has 1 aromatic carbocycles. The van der Waals surface area contributed by atoms with Gasteiger partial charge in [0.2, 0.25) is 0 Å². The van der Waals surface area contributed by atoms with E-state index in [0.717, 1.165) is 38.2 Å². The van der Waals surface area contributed by atoms with Crippen LogP contribution in [0.2, 0.25) is 0 Å². The van der Waals surface area contributed by atoms with E-state index in [1.807, 2.05) is 12.1 Å². The van der Waals surface area contributed by atoms with Crippen molar-refractivity contribution in [3.8, 4) is 5.75 Å². The molecule has 0 saturated carbocycles. The third-order valence-electron chi connectivity index (χ3n) is 3.66. The molecule has 0 aromatic heterocycles. The normalized spacial score (nSPS) is 19.9. The highest BCUT2D eigenvalue weighted by atomic mass is 19.3. The molecular formula is C16H24F2N2O. The Morgan fingerprint density at radius 3 is 2.62 bits per heavy atom. The zero-order valence-corrected chi connectivity index (χ0v) is 12.7. The molecule has 0 radical (unpaired) electrons. The van der Waals surface area contributed by atoms with Gasteiger partial charge >= 0.3 is 6.61 Å². The van der Waals surface area contributed by atoms with Gasteiger partial charge in [-0.25, -0.2) is 0 Å². The molecular weight excluding hydrogens is 274 g/mol. The molecule has 1 unspecified atom stereocenters. The van der Waals surface area contributed by atoms with Crippen molar-refractivity contribution >= 4 is 5.69 Å². The number of alkyl halides is 2. The van der Waals surface area contributed by atoms with Crippen molar-refractivity contribution in [1.82, 2.24) is 5.32 Å². The molecule has 1 fully saturated rings. The zero-order valence-electron chi connectivity index (χ0n) is 12.7. The summed E-state index contributed by atoms with van der Waals surface area (Å²) in [5.74, 6) is 0.865. The van der Waals surface area contributed by atoms with Gasteiger partial charge in [-0.3, -0.25) is 0 Å². The van der Waals surface area contributed by atoms with Crippen LogP contribution in [-0.4, -0.2) is 32.3 Å². The van der Waals surface area contributed by atoms with Crippen molar-refractivity contribution in [3.63, 3.8) is 0 Å². The van der Waals surface area contributed by atoms with Crippen molar-refractivity contribution in [2.24, 2.45) is 5.92 Å². The summed E-state index contributed by atoms with van der Waals surface area (Å²) in [6.07, 6.45) is 2.23. The van der Waals surface area contributed by atoms with E-state index in [2.05, 4.69) is 28.8 Å². The zero-order chi connectivity index (χ0) is 15.2. The van der Waals surface area contributed by atoms with Gasteiger partial charge in [-0.15, -0.1) is 0 Å². The number of hydrogen-bond donors (Lipinski definition) is 1. The van der Waals surface area contributed by atoms with Crippen molar-refractivity contribution in [2.45, 2.75) is 39.3 Å². The Hall–Kier alpha value is -1.36. The molecule has 0 bridgehead atoms. The van der Waals surface area contributed by atoms with E-state index < -0.39 is 6.61 Å². The molecule has 1 aromatic rings. The fourth-order valence-electron chi connectivity index (χ4n) is 2.80. The number of halogens is 2. The summed E-state index contributed by atoms with van der Waals surface area (Å²) >= 11 is 0. The van der Waals surface area contributed by atoms with Gasteiger partial charge in [-0.05, 0) is 49.6 Å². The lowest BCUT2D eigenvalue weighted by Gasteiger charge is -2.27. The molecule has 0 amide bonds. The molecule has 1 aliphatic rings. The molecule has 118 valence electrons. The summed E-state index contributed by atoms with van der Waals surface area (Å²) in [4.78, 5) is 2.32. The maximum Gasteiger partial charge on any atom is 0.387 e. The number of anilines is 1. The lowest BCUT2D eigenvalue weighted by Crippen LogP contribution is -2.38. The van der Waals surface area contributed by atoms with E-state index >= 15 is 0 Å². The minimum Gasteiger partial charge on any atom is -0.435 e. The van der Waals surface area contributed by atoms with Crippen LogP contribution in [0.4, 0.5) is 14.5 Å². The molecule has 1 heterocycles. The number of hydrogen-bond acceptors (Lipinski definition) is 3. The first-order chi connectivity index (χ1) is 10.0.